The minimum atomic E-state index is -0.631. The SMILES string of the molecule is CC(C)c1cc(N)c2c(c1)C(=O)CC(c1ccccc1F)O2. The molecule has 2 aromatic rings. The topological polar surface area (TPSA) is 52.3 Å². The van der Waals surface area contributed by atoms with Crippen molar-refractivity contribution in [3.05, 3.63) is 58.9 Å². The average molecular weight is 299 g/mol. The highest BCUT2D eigenvalue weighted by Gasteiger charge is 2.31. The first-order chi connectivity index (χ1) is 10.5. The maximum absolute atomic E-state index is 13.9. The van der Waals surface area contributed by atoms with Gasteiger partial charge in [0.05, 0.1) is 17.7 Å². The summed E-state index contributed by atoms with van der Waals surface area (Å²) in [6, 6.07) is 9.99. The van der Waals surface area contributed by atoms with Gasteiger partial charge in [-0.15, -0.1) is 0 Å². The van der Waals surface area contributed by atoms with Crippen molar-refractivity contribution >= 4 is 11.5 Å². The van der Waals surface area contributed by atoms with Gasteiger partial charge in [0.15, 0.2) is 11.5 Å². The summed E-state index contributed by atoms with van der Waals surface area (Å²) in [6.07, 6.45) is -0.511. The average Bonchev–Trinajstić information content (AvgIpc) is 2.48. The summed E-state index contributed by atoms with van der Waals surface area (Å²) >= 11 is 0. The molecule has 1 aliphatic heterocycles. The number of carbonyl (C=O) groups is 1. The highest BCUT2D eigenvalue weighted by molar-refractivity contribution is 6.02. The van der Waals surface area contributed by atoms with E-state index in [1.54, 1.807) is 18.2 Å². The van der Waals surface area contributed by atoms with Gasteiger partial charge in [-0.05, 0) is 29.7 Å². The van der Waals surface area contributed by atoms with Crippen LogP contribution in [0.5, 0.6) is 5.75 Å². The molecule has 0 radical (unpaired) electrons. The number of hydrogen-bond acceptors (Lipinski definition) is 3. The Balaban J connectivity index is 2.03. The summed E-state index contributed by atoms with van der Waals surface area (Å²) < 4.78 is 19.8. The van der Waals surface area contributed by atoms with Crippen molar-refractivity contribution in [3.63, 3.8) is 0 Å². The predicted octanol–water partition coefficient (Wildman–Crippen LogP) is 4.24. The van der Waals surface area contributed by atoms with Crippen LogP contribution in [-0.2, 0) is 0 Å². The van der Waals surface area contributed by atoms with E-state index in [1.807, 2.05) is 26.0 Å². The zero-order valence-electron chi connectivity index (χ0n) is 12.6. The molecule has 3 rings (SSSR count). The zero-order chi connectivity index (χ0) is 15.9. The minimum absolute atomic E-state index is 0.0660. The molecular weight excluding hydrogens is 281 g/mol. The van der Waals surface area contributed by atoms with E-state index in [2.05, 4.69) is 0 Å². The van der Waals surface area contributed by atoms with Gasteiger partial charge in [-0.1, -0.05) is 32.0 Å². The molecule has 4 heteroatoms. The Kier molecular flexibility index (Phi) is 3.61. The third-order valence-corrected chi connectivity index (χ3v) is 3.99. The zero-order valence-corrected chi connectivity index (χ0v) is 12.6. The number of anilines is 1. The minimum Gasteiger partial charge on any atom is -0.482 e. The van der Waals surface area contributed by atoms with Crippen LogP contribution in [0.15, 0.2) is 36.4 Å². The van der Waals surface area contributed by atoms with Gasteiger partial charge in [0.2, 0.25) is 0 Å². The van der Waals surface area contributed by atoms with Crippen LogP contribution in [0, 0.1) is 5.82 Å². The smallest absolute Gasteiger partial charge is 0.170 e. The fraction of sp³-hybridized carbons (Fsp3) is 0.278. The molecule has 1 heterocycles. The van der Waals surface area contributed by atoms with Gasteiger partial charge >= 0.3 is 0 Å². The normalized spacial score (nSPS) is 17.3. The van der Waals surface area contributed by atoms with E-state index < -0.39 is 6.10 Å². The van der Waals surface area contributed by atoms with Crippen LogP contribution in [-0.4, -0.2) is 5.78 Å². The second kappa shape index (κ2) is 5.44. The molecule has 0 bridgehead atoms. The van der Waals surface area contributed by atoms with Crippen LogP contribution >= 0.6 is 0 Å². The molecule has 0 saturated carbocycles. The Morgan fingerprint density at radius 1 is 1.27 bits per heavy atom. The maximum atomic E-state index is 13.9. The van der Waals surface area contributed by atoms with Gasteiger partial charge in [-0.25, -0.2) is 4.39 Å². The van der Waals surface area contributed by atoms with Crippen LogP contribution in [0.1, 0.15) is 53.8 Å². The van der Waals surface area contributed by atoms with Gasteiger partial charge in [-0.3, -0.25) is 4.79 Å². The monoisotopic (exact) mass is 299 g/mol. The number of Topliss-reactive ketones (excluding diaryl/α,β-unsaturated/α-hetero) is 1. The molecular formula is C18H18FNO2. The quantitative estimate of drug-likeness (QED) is 0.844. The number of rotatable bonds is 2. The molecule has 0 saturated heterocycles. The summed E-state index contributed by atoms with van der Waals surface area (Å²) in [7, 11) is 0. The second-order valence-corrected chi connectivity index (χ2v) is 5.90. The Hall–Kier alpha value is -2.36. The standard InChI is InChI=1S/C18H18FNO2/c1-10(2)11-7-13-16(21)9-17(22-18(13)15(20)8-11)12-5-3-4-6-14(12)19/h3-8,10,17H,9,20H2,1-2H3. The highest BCUT2D eigenvalue weighted by Crippen LogP contribution is 2.40. The maximum Gasteiger partial charge on any atom is 0.170 e. The molecule has 3 nitrogen and oxygen atoms in total. The summed E-state index contributed by atoms with van der Waals surface area (Å²) in [5, 5.41) is 0. The van der Waals surface area contributed by atoms with E-state index in [0.29, 0.717) is 22.6 Å². The molecule has 1 atom stereocenters. The molecule has 22 heavy (non-hydrogen) atoms. The molecule has 1 unspecified atom stereocenters. The number of ether oxygens (including phenoxy) is 1. The number of carbonyl (C=O) groups excluding carboxylic acids is 1. The molecule has 2 N–H and O–H groups in total. The number of fused-ring (bicyclic) bond motifs is 1. The summed E-state index contributed by atoms with van der Waals surface area (Å²) in [6.45, 7) is 4.08. The van der Waals surface area contributed by atoms with Crippen LogP contribution in [0.25, 0.3) is 0 Å². The Morgan fingerprint density at radius 3 is 2.68 bits per heavy atom. The van der Waals surface area contributed by atoms with Crippen molar-refractivity contribution in [1.82, 2.24) is 0 Å². The fourth-order valence-electron chi connectivity index (χ4n) is 2.72. The van der Waals surface area contributed by atoms with Crippen molar-refractivity contribution in [2.45, 2.75) is 32.3 Å². The summed E-state index contributed by atoms with van der Waals surface area (Å²) in [5.41, 5.74) is 8.35. The lowest BCUT2D eigenvalue weighted by molar-refractivity contribution is 0.0847. The number of nitrogen functional groups attached to an aromatic ring is 1. The van der Waals surface area contributed by atoms with Crippen molar-refractivity contribution in [3.8, 4) is 5.75 Å². The molecule has 0 fully saturated rings. The Labute approximate surface area is 128 Å². The van der Waals surface area contributed by atoms with Gasteiger partial charge in [0, 0.05) is 5.56 Å². The Morgan fingerprint density at radius 2 is 2.00 bits per heavy atom. The lowest BCUT2D eigenvalue weighted by Gasteiger charge is -2.27. The van der Waals surface area contributed by atoms with Crippen molar-refractivity contribution in [2.75, 3.05) is 5.73 Å². The van der Waals surface area contributed by atoms with Gasteiger partial charge in [0.25, 0.3) is 0 Å². The van der Waals surface area contributed by atoms with Crippen LogP contribution in [0.3, 0.4) is 0 Å². The number of ketones is 1. The van der Waals surface area contributed by atoms with E-state index in [-0.39, 0.29) is 23.9 Å². The van der Waals surface area contributed by atoms with E-state index in [4.69, 9.17) is 10.5 Å². The first kappa shape index (κ1) is 14.6. The Bertz CT molecular complexity index is 740. The van der Waals surface area contributed by atoms with Crippen LogP contribution in [0.2, 0.25) is 0 Å². The van der Waals surface area contributed by atoms with Crippen LogP contribution < -0.4 is 10.5 Å². The van der Waals surface area contributed by atoms with E-state index in [9.17, 15) is 9.18 Å². The number of hydrogen-bond donors (Lipinski definition) is 1. The van der Waals surface area contributed by atoms with Crippen molar-refractivity contribution in [2.24, 2.45) is 0 Å². The van der Waals surface area contributed by atoms with Crippen LogP contribution in [0.4, 0.5) is 10.1 Å². The summed E-state index contributed by atoms with van der Waals surface area (Å²) in [5.74, 6) is 0.198. The molecule has 0 amide bonds. The van der Waals surface area contributed by atoms with Gasteiger partial charge < -0.3 is 10.5 Å². The third-order valence-electron chi connectivity index (χ3n) is 3.99. The molecule has 0 aliphatic carbocycles. The lowest BCUT2D eigenvalue weighted by Crippen LogP contribution is -2.22. The largest absolute Gasteiger partial charge is 0.482 e. The molecule has 1 aliphatic rings. The predicted molar refractivity (Wildman–Crippen MR) is 83.7 cm³/mol. The fourth-order valence-corrected chi connectivity index (χ4v) is 2.72. The third kappa shape index (κ3) is 2.45. The lowest BCUT2D eigenvalue weighted by atomic mass is 9.92. The molecule has 0 aromatic heterocycles. The highest BCUT2D eigenvalue weighted by atomic mass is 19.1. The van der Waals surface area contributed by atoms with Crippen molar-refractivity contribution in [1.29, 1.82) is 0 Å². The first-order valence-electron chi connectivity index (χ1n) is 7.35. The van der Waals surface area contributed by atoms with Gasteiger partial charge in [0.1, 0.15) is 11.9 Å². The number of benzene rings is 2. The molecule has 0 spiro atoms. The van der Waals surface area contributed by atoms with Gasteiger partial charge in [-0.2, -0.15) is 0 Å². The van der Waals surface area contributed by atoms with Crippen molar-refractivity contribution < 1.29 is 13.9 Å². The second-order valence-electron chi connectivity index (χ2n) is 5.90. The molecule has 2 aromatic carbocycles. The number of nitrogens with two attached hydrogens (primary N) is 1. The number of halogens is 1. The van der Waals surface area contributed by atoms with E-state index >= 15 is 0 Å². The molecule has 114 valence electrons. The van der Waals surface area contributed by atoms with E-state index in [0.717, 1.165) is 5.56 Å². The van der Waals surface area contributed by atoms with E-state index in [1.165, 1.54) is 6.07 Å². The first-order valence-corrected chi connectivity index (χ1v) is 7.35. The summed E-state index contributed by atoms with van der Waals surface area (Å²) in [4.78, 5) is 12.4.